The minimum Gasteiger partial charge on any atom is -0.307 e. The van der Waals surface area contributed by atoms with Crippen LogP contribution in [0.1, 0.15) is 5.56 Å². The summed E-state index contributed by atoms with van der Waals surface area (Å²) < 4.78 is 0.979. The molecule has 0 atom stereocenters. The molecule has 1 heterocycles. The number of hydrogen-bond donors (Lipinski definition) is 1. The van der Waals surface area contributed by atoms with Crippen molar-refractivity contribution >= 4 is 46.1 Å². The van der Waals surface area contributed by atoms with Gasteiger partial charge in [0.25, 0.3) is 5.69 Å². The molecule has 0 aliphatic carbocycles. The van der Waals surface area contributed by atoms with Crippen molar-refractivity contribution < 1.29 is 9.72 Å². The predicted molar refractivity (Wildman–Crippen MR) is 87.7 cm³/mol. The molecule has 1 amide bonds. The zero-order valence-corrected chi connectivity index (χ0v) is 12.9. The van der Waals surface area contributed by atoms with Crippen LogP contribution < -0.4 is 5.32 Å². The van der Waals surface area contributed by atoms with Crippen molar-refractivity contribution in [2.24, 2.45) is 0 Å². The van der Waals surface area contributed by atoms with E-state index < -0.39 is 4.92 Å². The highest BCUT2D eigenvalue weighted by atomic mass is 127. The van der Waals surface area contributed by atoms with Crippen LogP contribution in [0.5, 0.6) is 0 Å². The molecule has 0 bridgehead atoms. The summed E-state index contributed by atoms with van der Waals surface area (Å²) in [7, 11) is 0. The summed E-state index contributed by atoms with van der Waals surface area (Å²) in [4.78, 5) is 25.8. The third-order valence-corrected chi connectivity index (χ3v) is 3.15. The lowest BCUT2D eigenvalue weighted by Gasteiger charge is -2.00. The van der Waals surface area contributed by atoms with Crippen molar-refractivity contribution in [3.8, 4) is 0 Å². The maximum Gasteiger partial charge on any atom is 0.269 e. The van der Waals surface area contributed by atoms with Crippen LogP contribution in [0.15, 0.2) is 48.7 Å². The number of nitrogens with one attached hydrogen (secondary N) is 1. The third-order valence-electron chi connectivity index (χ3n) is 2.51. The average Bonchev–Trinajstić information content (AvgIpc) is 2.48. The molecular formula is C14H10IN3O3. The Morgan fingerprint density at radius 2 is 1.95 bits per heavy atom. The first-order chi connectivity index (χ1) is 10.0. The van der Waals surface area contributed by atoms with E-state index in [1.54, 1.807) is 30.5 Å². The van der Waals surface area contributed by atoms with E-state index in [1.807, 2.05) is 6.07 Å². The first-order valence-electron chi connectivity index (χ1n) is 5.90. The topological polar surface area (TPSA) is 85.1 Å². The van der Waals surface area contributed by atoms with Gasteiger partial charge in [-0.1, -0.05) is 0 Å². The number of aromatic nitrogens is 1. The van der Waals surface area contributed by atoms with E-state index in [9.17, 15) is 14.9 Å². The van der Waals surface area contributed by atoms with Gasteiger partial charge in [0, 0.05) is 28.0 Å². The van der Waals surface area contributed by atoms with E-state index >= 15 is 0 Å². The molecule has 6 nitrogen and oxygen atoms in total. The Labute approximate surface area is 134 Å². The Bertz CT molecular complexity index is 682. The normalized spacial score (nSPS) is 10.5. The number of nitrogens with zero attached hydrogens (tertiary/aromatic N) is 2. The van der Waals surface area contributed by atoms with Gasteiger partial charge < -0.3 is 5.32 Å². The molecule has 1 aromatic heterocycles. The molecule has 0 aliphatic heterocycles. The summed E-state index contributed by atoms with van der Waals surface area (Å²) >= 11 is 2.12. The number of hydrogen-bond acceptors (Lipinski definition) is 4. The molecule has 0 spiro atoms. The summed E-state index contributed by atoms with van der Waals surface area (Å²) in [6.07, 6.45) is 4.57. The van der Waals surface area contributed by atoms with E-state index in [4.69, 9.17) is 0 Å². The fraction of sp³-hybridized carbons (Fsp3) is 0. The van der Waals surface area contributed by atoms with Gasteiger partial charge in [0.15, 0.2) is 0 Å². The second kappa shape index (κ2) is 6.93. The number of carbonyl (C=O) groups excluding carboxylic acids is 1. The highest BCUT2D eigenvalue weighted by molar-refractivity contribution is 14.1. The van der Waals surface area contributed by atoms with Gasteiger partial charge in [0.2, 0.25) is 5.91 Å². The van der Waals surface area contributed by atoms with E-state index in [1.165, 1.54) is 18.2 Å². The lowest BCUT2D eigenvalue weighted by molar-refractivity contribution is -0.384. The average molecular weight is 395 g/mol. The number of non-ortho nitro benzene ring substituents is 1. The molecule has 0 radical (unpaired) electrons. The Balaban J connectivity index is 1.98. The second-order valence-corrected chi connectivity index (χ2v) is 5.28. The smallest absolute Gasteiger partial charge is 0.269 e. The molecule has 0 fully saturated rings. The van der Waals surface area contributed by atoms with Gasteiger partial charge in [-0.3, -0.25) is 14.9 Å². The molecule has 0 saturated heterocycles. The highest BCUT2D eigenvalue weighted by Gasteiger charge is 2.03. The molecule has 0 saturated carbocycles. The summed E-state index contributed by atoms with van der Waals surface area (Å²) in [5.41, 5.74) is 0.714. The summed E-state index contributed by atoms with van der Waals surface area (Å²) in [6.45, 7) is 0. The number of nitro groups is 1. The lowest BCUT2D eigenvalue weighted by atomic mass is 10.2. The number of pyridine rings is 1. The largest absolute Gasteiger partial charge is 0.307 e. The van der Waals surface area contributed by atoms with Gasteiger partial charge in [-0.15, -0.1) is 0 Å². The number of amides is 1. The van der Waals surface area contributed by atoms with Gasteiger partial charge in [0.1, 0.15) is 5.82 Å². The first-order valence-corrected chi connectivity index (χ1v) is 6.97. The van der Waals surface area contributed by atoms with Gasteiger partial charge in [-0.2, -0.15) is 0 Å². The molecule has 1 aromatic carbocycles. The first kappa shape index (κ1) is 15.1. The zero-order chi connectivity index (χ0) is 15.2. The minimum absolute atomic E-state index is 0.0136. The van der Waals surface area contributed by atoms with Crippen LogP contribution in [0.2, 0.25) is 0 Å². The number of halogens is 1. The van der Waals surface area contributed by atoms with Crippen LogP contribution in [0.3, 0.4) is 0 Å². The number of nitro benzene ring substituents is 1. The Hall–Kier alpha value is -2.29. The molecule has 7 heteroatoms. The molecule has 0 aliphatic rings. The van der Waals surface area contributed by atoms with Crippen LogP contribution in [-0.4, -0.2) is 15.8 Å². The minimum atomic E-state index is -0.470. The summed E-state index contributed by atoms with van der Waals surface area (Å²) in [5, 5.41) is 13.1. The molecule has 21 heavy (non-hydrogen) atoms. The molecular weight excluding hydrogens is 385 g/mol. The van der Waals surface area contributed by atoms with Gasteiger partial charge >= 0.3 is 0 Å². The van der Waals surface area contributed by atoms with Crippen LogP contribution in [0, 0.1) is 13.7 Å². The SMILES string of the molecule is O=C(C=Cc1ccc([N+](=O)[O-])cc1)Nc1ccc(I)cn1. The monoisotopic (exact) mass is 395 g/mol. The summed E-state index contributed by atoms with van der Waals surface area (Å²) in [6, 6.07) is 9.47. The van der Waals surface area contributed by atoms with E-state index in [-0.39, 0.29) is 11.6 Å². The molecule has 0 unspecified atom stereocenters. The predicted octanol–water partition coefficient (Wildman–Crippen LogP) is 3.25. The Morgan fingerprint density at radius 3 is 2.52 bits per heavy atom. The van der Waals surface area contributed by atoms with E-state index in [0.717, 1.165) is 3.57 Å². The van der Waals surface area contributed by atoms with Crippen LogP contribution in [0.4, 0.5) is 11.5 Å². The van der Waals surface area contributed by atoms with Gasteiger partial charge in [-0.25, -0.2) is 4.98 Å². The summed E-state index contributed by atoms with van der Waals surface area (Å²) in [5.74, 6) is 0.149. The van der Waals surface area contributed by atoms with Crippen molar-refractivity contribution in [1.82, 2.24) is 4.98 Å². The van der Waals surface area contributed by atoms with Gasteiger partial charge in [0.05, 0.1) is 4.92 Å². The number of benzene rings is 1. The zero-order valence-electron chi connectivity index (χ0n) is 10.7. The highest BCUT2D eigenvalue weighted by Crippen LogP contribution is 2.13. The maximum atomic E-state index is 11.7. The van der Waals surface area contributed by atoms with Crippen LogP contribution >= 0.6 is 22.6 Å². The Morgan fingerprint density at radius 1 is 1.24 bits per heavy atom. The fourth-order valence-electron chi connectivity index (χ4n) is 1.50. The van der Waals surface area contributed by atoms with Crippen molar-refractivity contribution in [2.45, 2.75) is 0 Å². The lowest BCUT2D eigenvalue weighted by Crippen LogP contribution is -2.08. The van der Waals surface area contributed by atoms with Crippen LogP contribution in [0.25, 0.3) is 6.08 Å². The number of carbonyl (C=O) groups is 1. The Kier molecular flexibility index (Phi) is 4.99. The van der Waals surface area contributed by atoms with Crippen molar-refractivity contribution in [1.29, 1.82) is 0 Å². The quantitative estimate of drug-likeness (QED) is 0.373. The standard InChI is InChI=1S/C14H10IN3O3/c15-11-4-7-13(16-9-11)17-14(19)8-3-10-1-5-12(6-2-10)18(20)21/h1-9H,(H,16,17,19). The molecule has 2 rings (SSSR count). The van der Waals surface area contributed by atoms with Crippen molar-refractivity contribution in [2.75, 3.05) is 5.32 Å². The molecule has 106 valence electrons. The van der Waals surface area contributed by atoms with Crippen molar-refractivity contribution in [3.63, 3.8) is 0 Å². The fourth-order valence-corrected chi connectivity index (χ4v) is 1.82. The maximum absolute atomic E-state index is 11.7. The molecule has 2 aromatic rings. The van der Waals surface area contributed by atoms with E-state index in [0.29, 0.717) is 11.4 Å². The van der Waals surface area contributed by atoms with E-state index in [2.05, 4.69) is 32.9 Å². The van der Waals surface area contributed by atoms with Crippen LogP contribution in [-0.2, 0) is 4.79 Å². The van der Waals surface area contributed by atoms with Gasteiger partial charge in [-0.05, 0) is 58.5 Å². The number of anilines is 1. The number of rotatable bonds is 4. The second-order valence-electron chi connectivity index (χ2n) is 4.03. The van der Waals surface area contributed by atoms with Crippen molar-refractivity contribution in [3.05, 3.63) is 67.9 Å². The molecule has 1 N–H and O–H groups in total. The third kappa shape index (κ3) is 4.63.